The molecule has 0 saturated carbocycles. The van der Waals surface area contributed by atoms with Crippen LogP contribution in [0.15, 0.2) is 0 Å². The number of hydrogen-bond acceptors (Lipinski definition) is 5. The fraction of sp³-hybridized carbons (Fsp3) is 0.917. The first-order valence-corrected chi connectivity index (χ1v) is 6.54. The molecule has 0 aromatic heterocycles. The molecule has 0 aliphatic heterocycles. The van der Waals surface area contributed by atoms with Crippen molar-refractivity contribution in [3.05, 3.63) is 0 Å². The summed E-state index contributed by atoms with van der Waals surface area (Å²) in [5, 5.41) is 30.6. The van der Waals surface area contributed by atoms with Crippen LogP contribution < -0.4 is 11.1 Å². The lowest BCUT2D eigenvalue weighted by molar-refractivity contribution is -0.131. The van der Waals surface area contributed by atoms with Crippen LogP contribution in [0.1, 0.15) is 40.0 Å². The van der Waals surface area contributed by atoms with Crippen molar-refractivity contribution in [2.24, 2.45) is 5.73 Å². The van der Waals surface area contributed by atoms with Gasteiger partial charge in [-0.1, -0.05) is 20.8 Å². The first kappa shape index (κ1) is 19.6. The zero-order chi connectivity index (χ0) is 14.6. The molecule has 0 unspecified atom stereocenters. The van der Waals surface area contributed by atoms with Crippen LogP contribution in [0.3, 0.4) is 0 Å². The van der Waals surface area contributed by atoms with Gasteiger partial charge in [0.2, 0.25) is 5.91 Å². The third-order valence-corrected chi connectivity index (χ3v) is 2.31. The average molecular weight is 264 g/mol. The van der Waals surface area contributed by atoms with Gasteiger partial charge in [0.05, 0.1) is 12.2 Å². The van der Waals surface area contributed by atoms with Gasteiger partial charge in [-0.05, 0) is 19.4 Å². The maximum Gasteiger partial charge on any atom is 0.248 e. The van der Waals surface area contributed by atoms with E-state index in [0.29, 0.717) is 25.9 Å². The van der Waals surface area contributed by atoms with Gasteiger partial charge >= 0.3 is 0 Å². The molecule has 0 saturated heterocycles. The second-order valence-corrected chi connectivity index (χ2v) is 3.73. The predicted molar refractivity (Wildman–Crippen MR) is 71.0 cm³/mol. The first-order valence-electron chi connectivity index (χ1n) is 6.54. The molecule has 0 heterocycles. The maximum atomic E-state index is 11.3. The summed E-state index contributed by atoms with van der Waals surface area (Å²) in [6.07, 6.45) is -2.44. The van der Waals surface area contributed by atoms with Gasteiger partial charge in [-0.25, -0.2) is 0 Å². The molecule has 0 fully saturated rings. The number of rotatable bonds is 8. The zero-order valence-electron chi connectivity index (χ0n) is 11.6. The van der Waals surface area contributed by atoms with Crippen LogP contribution in [0.5, 0.6) is 0 Å². The Hall–Kier alpha value is -0.690. The minimum Gasteiger partial charge on any atom is -0.390 e. The highest BCUT2D eigenvalue weighted by Crippen LogP contribution is 2.06. The SMILES string of the molecule is CC.CC[C@@H](O)[C@@H](O)C[C@@H](O)C(=O)NCCCN. The number of amides is 1. The van der Waals surface area contributed by atoms with Crippen molar-refractivity contribution in [2.75, 3.05) is 13.1 Å². The number of hydrogen-bond donors (Lipinski definition) is 5. The molecule has 110 valence electrons. The summed E-state index contributed by atoms with van der Waals surface area (Å²) >= 11 is 0. The predicted octanol–water partition coefficient (Wildman–Crippen LogP) is -0.640. The topological polar surface area (TPSA) is 116 Å². The molecule has 0 aromatic carbocycles. The molecule has 0 radical (unpaired) electrons. The molecule has 0 aromatic rings. The molecule has 18 heavy (non-hydrogen) atoms. The van der Waals surface area contributed by atoms with Crippen molar-refractivity contribution in [1.82, 2.24) is 5.32 Å². The van der Waals surface area contributed by atoms with Gasteiger partial charge in [0.1, 0.15) is 6.10 Å². The molecule has 0 rings (SSSR count). The highest BCUT2D eigenvalue weighted by atomic mass is 16.3. The smallest absolute Gasteiger partial charge is 0.248 e. The van der Waals surface area contributed by atoms with Crippen molar-refractivity contribution in [2.45, 2.75) is 58.3 Å². The molecule has 3 atom stereocenters. The lowest BCUT2D eigenvalue weighted by Gasteiger charge is -2.19. The Morgan fingerprint density at radius 3 is 2.22 bits per heavy atom. The molecular weight excluding hydrogens is 236 g/mol. The first-order chi connectivity index (χ1) is 8.52. The number of nitrogens with one attached hydrogen (secondary N) is 1. The molecular formula is C12H28N2O4. The number of carbonyl (C=O) groups is 1. The second-order valence-electron chi connectivity index (χ2n) is 3.73. The quantitative estimate of drug-likeness (QED) is 0.374. The van der Waals surface area contributed by atoms with E-state index >= 15 is 0 Å². The Kier molecular flexibility index (Phi) is 13.9. The molecule has 6 heteroatoms. The summed E-state index contributed by atoms with van der Waals surface area (Å²) in [6.45, 7) is 6.58. The van der Waals surface area contributed by atoms with Crippen molar-refractivity contribution in [1.29, 1.82) is 0 Å². The molecule has 6 N–H and O–H groups in total. The molecule has 1 amide bonds. The monoisotopic (exact) mass is 264 g/mol. The summed E-state index contributed by atoms with van der Waals surface area (Å²) < 4.78 is 0. The van der Waals surface area contributed by atoms with E-state index in [2.05, 4.69) is 5.32 Å². The van der Waals surface area contributed by atoms with E-state index in [9.17, 15) is 20.1 Å². The molecule has 0 aliphatic rings. The summed E-state index contributed by atoms with van der Waals surface area (Å²) in [5.41, 5.74) is 5.24. The van der Waals surface area contributed by atoms with E-state index in [-0.39, 0.29) is 6.42 Å². The largest absolute Gasteiger partial charge is 0.390 e. The lowest BCUT2D eigenvalue weighted by atomic mass is 10.0. The van der Waals surface area contributed by atoms with Crippen LogP contribution in [0.2, 0.25) is 0 Å². The van der Waals surface area contributed by atoms with Crippen LogP contribution >= 0.6 is 0 Å². The third-order valence-electron chi connectivity index (χ3n) is 2.31. The number of aliphatic hydroxyl groups excluding tert-OH is 3. The fourth-order valence-electron chi connectivity index (χ4n) is 1.20. The Morgan fingerprint density at radius 2 is 1.78 bits per heavy atom. The zero-order valence-corrected chi connectivity index (χ0v) is 11.6. The molecule has 0 bridgehead atoms. The van der Waals surface area contributed by atoms with Crippen LogP contribution in [0.25, 0.3) is 0 Å². The van der Waals surface area contributed by atoms with Gasteiger partial charge in [0.15, 0.2) is 0 Å². The third kappa shape index (κ3) is 9.35. The number of aliphatic hydroxyl groups is 3. The Bertz CT molecular complexity index is 203. The maximum absolute atomic E-state index is 11.3. The standard InChI is InChI=1S/C10H22N2O4.C2H6/c1-2-7(13)8(14)6-9(15)10(16)12-5-3-4-11;1-2/h7-9,13-15H,2-6,11H2,1H3,(H,12,16);1-2H3/t7-,8+,9-;/m1./s1. The summed E-state index contributed by atoms with van der Waals surface area (Å²) in [5.74, 6) is -0.546. The van der Waals surface area contributed by atoms with Gasteiger partial charge in [-0.3, -0.25) is 4.79 Å². The number of nitrogens with two attached hydrogens (primary N) is 1. The minimum atomic E-state index is -1.30. The molecule has 6 nitrogen and oxygen atoms in total. The van der Waals surface area contributed by atoms with Crippen LogP contribution in [-0.4, -0.2) is 52.6 Å². The van der Waals surface area contributed by atoms with E-state index in [1.807, 2.05) is 13.8 Å². The fourth-order valence-corrected chi connectivity index (χ4v) is 1.20. The van der Waals surface area contributed by atoms with Crippen molar-refractivity contribution >= 4 is 5.91 Å². The van der Waals surface area contributed by atoms with Gasteiger partial charge in [-0.2, -0.15) is 0 Å². The Balaban J connectivity index is 0. The van der Waals surface area contributed by atoms with Crippen molar-refractivity contribution in [3.8, 4) is 0 Å². The summed E-state index contributed by atoms with van der Waals surface area (Å²) in [4.78, 5) is 11.3. The normalized spacial score (nSPS) is 15.1. The van der Waals surface area contributed by atoms with E-state index in [1.54, 1.807) is 6.92 Å². The minimum absolute atomic E-state index is 0.163. The van der Waals surface area contributed by atoms with E-state index in [4.69, 9.17) is 5.73 Å². The second kappa shape index (κ2) is 12.8. The summed E-state index contributed by atoms with van der Waals surface area (Å²) in [7, 11) is 0. The number of carbonyl (C=O) groups excluding carboxylic acids is 1. The van der Waals surface area contributed by atoms with E-state index < -0.39 is 24.2 Å². The van der Waals surface area contributed by atoms with Gasteiger partial charge < -0.3 is 26.4 Å². The lowest BCUT2D eigenvalue weighted by Crippen LogP contribution is -2.40. The van der Waals surface area contributed by atoms with E-state index in [0.717, 1.165) is 0 Å². The molecule has 0 aliphatic carbocycles. The van der Waals surface area contributed by atoms with Crippen LogP contribution in [-0.2, 0) is 4.79 Å². The van der Waals surface area contributed by atoms with Crippen LogP contribution in [0, 0.1) is 0 Å². The Labute approximate surface area is 109 Å². The van der Waals surface area contributed by atoms with Crippen LogP contribution in [0.4, 0.5) is 0 Å². The van der Waals surface area contributed by atoms with E-state index in [1.165, 1.54) is 0 Å². The van der Waals surface area contributed by atoms with Gasteiger partial charge in [-0.15, -0.1) is 0 Å². The van der Waals surface area contributed by atoms with Crippen molar-refractivity contribution < 1.29 is 20.1 Å². The molecule has 0 spiro atoms. The highest BCUT2D eigenvalue weighted by Gasteiger charge is 2.22. The summed E-state index contributed by atoms with van der Waals surface area (Å²) in [6, 6.07) is 0. The van der Waals surface area contributed by atoms with Crippen molar-refractivity contribution in [3.63, 3.8) is 0 Å². The van der Waals surface area contributed by atoms with Gasteiger partial charge in [0, 0.05) is 13.0 Å². The highest BCUT2D eigenvalue weighted by molar-refractivity contribution is 5.80. The average Bonchev–Trinajstić information content (AvgIpc) is 2.39. The van der Waals surface area contributed by atoms with Gasteiger partial charge in [0.25, 0.3) is 0 Å². The Morgan fingerprint density at radius 1 is 1.22 bits per heavy atom.